The van der Waals surface area contributed by atoms with Gasteiger partial charge in [-0.1, -0.05) is 41.9 Å². The van der Waals surface area contributed by atoms with Gasteiger partial charge in [-0.3, -0.25) is 10.0 Å². The van der Waals surface area contributed by atoms with Gasteiger partial charge in [0.15, 0.2) is 0 Å². The summed E-state index contributed by atoms with van der Waals surface area (Å²) < 4.78 is 31.8. The summed E-state index contributed by atoms with van der Waals surface area (Å²) in [7, 11) is -3.64. The van der Waals surface area contributed by atoms with Gasteiger partial charge in [0.05, 0.1) is 23.1 Å². The van der Waals surface area contributed by atoms with Crippen molar-refractivity contribution in [3.63, 3.8) is 0 Å². The minimum atomic E-state index is -3.64. The van der Waals surface area contributed by atoms with Crippen LogP contribution in [-0.2, 0) is 20.5 Å². The van der Waals surface area contributed by atoms with Gasteiger partial charge in [0.25, 0.3) is 0 Å². The third kappa shape index (κ3) is 5.43. The number of carbonyl (C=O) groups is 1. The monoisotopic (exact) mass is 368 g/mol. The molecule has 2 rings (SSSR count). The van der Waals surface area contributed by atoms with Crippen LogP contribution in [0.2, 0.25) is 5.02 Å². The molecule has 0 aromatic heterocycles. The van der Waals surface area contributed by atoms with Gasteiger partial charge in [0, 0.05) is 5.69 Å². The van der Waals surface area contributed by atoms with Crippen molar-refractivity contribution in [2.75, 3.05) is 16.6 Å². The molecule has 0 bridgehead atoms. The van der Waals surface area contributed by atoms with Crippen molar-refractivity contribution in [2.45, 2.75) is 12.7 Å². The van der Waals surface area contributed by atoms with Crippen LogP contribution in [0.15, 0.2) is 48.5 Å². The van der Waals surface area contributed by atoms with Crippen LogP contribution in [0.3, 0.4) is 0 Å². The van der Waals surface area contributed by atoms with E-state index < -0.39 is 16.1 Å². The summed E-state index contributed by atoms with van der Waals surface area (Å²) in [5.41, 5.74) is 1.21. The van der Waals surface area contributed by atoms with Crippen molar-refractivity contribution in [3.05, 3.63) is 59.1 Å². The van der Waals surface area contributed by atoms with E-state index in [1.165, 1.54) is 12.1 Å². The molecule has 6 nitrogen and oxygen atoms in total. The number of hydrogen-bond acceptors (Lipinski definition) is 4. The SMILES string of the molecule is CCOC(=O)Nc1ccc(Cl)c(NS(=O)(=O)Cc2ccccc2)c1. The van der Waals surface area contributed by atoms with Crippen molar-refractivity contribution in [3.8, 4) is 0 Å². The summed E-state index contributed by atoms with van der Waals surface area (Å²) >= 11 is 6.03. The van der Waals surface area contributed by atoms with E-state index in [1.807, 2.05) is 6.07 Å². The Kier molecular flexibility index (Phi) is 6.05. The molecular weight excluding hydrogens is 352 g/mol. The van der Waals surface area contributed by atoms with Crippen LogP contribution in [0.4, 0.5) is 16.2 Å². The Morgan fingerprint density at radius 1 is 1.17 bits per heavy atom. The lowest BCUT2D eigenvalue weighted by atomic mass is 10.2. The Hall–Kier alpha value is -2.25. The highest BCUT2D eigenvalue weighted by molar-refractivity contribution is 7.91. The minimum absolute atomic E-state index is 0.181. The fourth-order valence-corrected chi connectivity index (χ4v) is 3.39. The molecule has 0 radical (unpaired) electrons. The lowest BCUT2D eigenvalue weighted by molar-refractivity contribution is 0.168. The van der Waals surface area contributed by atoms with Crippen LogP contribution in [0.5, 0.6) is 0 Å². The lowest BCUT2D eigenvalue weighted by Crippen LogP contribution is -2.16. The number of anilines is 2. The molecule has 0 spiro atoms. The molecule has 2 N–H and O–H groups in total. The molecule has 0 aliphatic rings. The number of nitrogens with one attached hydrogen (secondary N) is 2. The van der Waals surface area contributed by atoms with Gasteiger partial charge in [-0.05, 0) is 30.7 Å². The first-order valence-electron chi connectivity index (χ1n) is 7.17. The standard InChI is InChI=1S/C16H17ClN2O4S/c1-2-23-16(20)18-13-8-9-14(17)15(10-13)19-24(21,22)11-12-6-4-3-5-7-12/h3-10,19H,2,11H2,1H3,(H,18,20). The zero-order valence-electron chi connectivity index (χ0n) is 13.0. The largest absolute Gasteiger partial charge is 0.450 e. The Labute approximate surface area is 145 Å². The quantitative estimate of drug-likeness (QED) is 0.811. The highest BCUT2D eigenvalue weighted by Crippen LogP contribution is 2.27. The van der Waals surface area contributed by atoms with Crippen molar-refractivity contribution in [2.24, 2.45) is 0 Å². The van der Waals surface area contributed by atoms with Crippen LogP contribution in [-0.4, -0.2) is 21.1 Å². The summed E-state index contributed by atoms with van der Waals surface area (Å²) in [6.07, 6.45) is -0.627. The number of ether oxygens (including phenoxy) is 1. The second kappa shape index (κ2) is 8.03. The predicted molar refractivity (Wildman–Crippen MR) is 94.8 cm³/mol. The van der Waals surface area contributed by atoms with E-state index in [2.05, 4.69) is 10.0 Å². The van der Waals surface area contributed by atoms with Gasteiger partial charge in [0.1, 0.15) is 0 Å². The number of hydrogen-bond donors (Lipinski definition) is 2. The normalized spacial score (nSPS) is 10.9. The zero-order chi connectivity index (χ0) is 17.6. The average molecular weight is 369 g/mol. The first-order chi connectivity index (χ1) is 11.4. The molecule has 8 heteroatoms. The van der Waals surface area contributed by atoms with Gasteiger partial charge in [-0.2, -0.15) is 0 Å². The van der Waals surface area contributed by atoms with Crippen molar-refractivity contribution in [1.82, 2.24) is 0 Å². The van der Waals surface area contributed by atoms with E-state index in [0.717, 1.165) is 0 Å². The van der Waals surface area contributed by atoms with Crippen LogP contribution < -0.4 is 10.0 Å². The van der Waals surface area contributed by atoms with Crippen LogP contribution in [0.1, 0.15) is 12.5 Å². The van der Waals surface area contributed by atoms with E-state index in [1.54, 1.807) is 37.3 Å². The highest BCUT2D eigenvalue weighted by atomic mass is 35.5. The summed E-state index contributed by atoms with van der Waals surface area (Å²) in [4.78, 5) is 11.4. The second-order valence-corrected chi connectivity index (χ2v) is 7.02. The lowest BCUT2D eigenvalue weighted by Gasteiger charge is -2.12. The zero-order valence-corrected chi connectivity index (χ0v) is 14.5. The number of benzene rings is 2. The molecule has 0 fully saturated rings. The molecule has 0 aliphatic heterocycles. The first-order valence-corrected chi connectivity index (χ1v) is 9.20. The highest BCUT2D eigenvalue weighted by Gasteiger charge is 2.14. The Morgan fingerprint density at radius 2 is 1.88 bits per heavy atom. The summed E-state index contributed by atoms with van der Waals surface area (Å²) in [6, 6.07) is 13.3. The molecule has 0 saturated heterocycles. The van der Waals surface area contributed by atoms with Gasteiger partial charge >= 0.3 is 6.09 Å². The van der Waals surface area contributed by atoms with E-state index in [9.17, 15) is 13.2 Å². The summed E-state index contributed by atoms with van der Waals surface area (Å²) in [6.45, 7) is 1.92. The number of amides is 1. The fraction of sp³-hybridized carbons (Fsp3) is 0.188. The number of halogens is 1. The van der Waals surface area contributed by atoms with E-state index in [-0.39, 0.29) is 23.1 Å². The fourth-order valence-electron chi connectivity index (χ4n) is 1.96. The van der Waals surface area contributed by atoms with E-state index in [0.29, 0.717) is 11.3 Å². The topological polar surface area (TPSA) is 84.5 Å². The smallest absolute Gasteiger partial charge is 0.411 e. The van der Waals surface area contributed by atoms with Gasteiger partial charge in [-0.15, -0.1) is 0 Å². The second-order valence-electron chi connectivity index (χ2n) is 4.89. The summed E-state index contributed by atoms with van der Waals surface area (Å²) in [5.74, 6) is -0.181. The average Bonchev–Trinajstić information content (AvgIpc) is 2.51. The predicted octanol–water partition coefficient (Wildman–Crippen LogP) is 3.85. The van der Waals surface area contributed by atoms with Gasteiger partial charge < -0.3 is 4.74 Å². The van der Waals surface area contributed by atoms with Crippen LogP contribution >= 0.6 is 11.6 Å². The maximum Gasteiger partial charge on any atom is 0.411 e. The molecule has 24 heavy (non-hydrogen) atoms. The molecular formula is C16H17ClN2O4S. The van der Waals surface area contributed by atoms with E-state index >= 15 is 0 Å². The number of sulfonamides is 1. The van der Waals surface area contributed by atoms with Gasteiger partial charge in [-0.25, -0.2) is 13.2 Å². The maximum absolute atomic E-state index is 12.3. The molecule has 0 atom stereocenters. The molecule has 0 aliphatic carbocycles. The number of carbonyl (C=O) groups excluding carboxylic acids is 1. The third-order valence-corrected chi connectivity index (χ3v) is 4.53. The molecule has 0 unspecified atom stereocenters. The van der Waals surface area contributed by atoms with Crippen molar-refractivity contribution < 1.29 is 17.9 Å². The molecule has 1 amide bonds. The molecule has 0 heterocycles. The van der Waals surface area contributed by atoms with Crippen molar-refractivity contribution >= 4 is 39.1 Å². The van der Waals surface area contributed by atoms with Crippen LogP contribution in [0, 0.1) is 0 Å². The molecule has 0 saturated carbocycles. The Bertz CT molecular complexity index is 810. The number of rotatable bonds is 6. The molecule has 128 valence electrons. The van der Waals surface area contributed by atoms with E-state index in [4.69, 9.17) is 16.3 Å². The Morgan fingerprint density at radius 3 is 2.54 bits per heavy atom. The Balaban J connectivity index is 2.14. The third-order valence-electron chi connectivity index (χ3n) is 2.95. The maximum atomic E-state index is 12.3. The summed E-state index contributed by atoms with van der Waals surface area (Å²) in [5, 5.41) is 2.71. The van der Waals surface area contributed by atoms with Crippen molar-refractivity contribution in [1.29, 1.82) is 0 Å². The first kappa shape index (κ1) is 18.1. The van der Waals surface area contributed by atoms with Gasteiger partial charge in [0.2, 0.25) is 10.0 Å². The van der Waals surface area contributed by atoms with Crippen LogP contribution in [0.25, 0.3) is 0 Å². The molecule has 2 aromatic rings. The minimum Gasteiger partial charge on any atom is -0.450 e. The molecule has 2 aromatic carbocycles.